The van der Waals surface area contributed by atoms with Gasteiger partial charge in [0, 0.05) is 0 Å². The Labute approximate surface area is 53.4 Å². The number of rotatable bonds is 4. The van der Waals surface area contributed by atoms with Crippen LogP contribution in [0.1, 0.15) is 19.8 Å². The van der Waals surface area contributed by atoms with Gasteiger partial charge in [-0.3, -0.25) is 4.79 Å². The van der Waals surface area contributed by atoms with Crippen LogP contribution >= 0.6 is 0 Å². The molecule has 3 nitrogen and oxygen atoms in total. The molecule has 0 aliphatic rings. The molecule has 9 heavy (non-hydrogen) atoms. The van der Waals surface area contributed by atoms with Crippen LogP contribution in [-0.2, 0) is 4.79 Å². The zero-order valence-corrected chi connectivity index (χ0v) is 5.36. The third kappa shape index (κ3) is 3.03. The van der Waals surface area contributed by atoms with Gasteiger partial charge in [0.25, 0.3) is 0 Å². The monoisotopic (exact) mass is 134 g/mol. The highest BCUT2D eigenvalue weighted by molar-refractivity contribution is 5.79. The molecule has 0 bridgehead atoms. The lowest BCUT2D eigenvalue weighted by molar-refractivity contribution is -0.121. The van der Waals surface area contributed by atoms with E-state index in [2.05, 4.69) is 0 Å². The fourth-order valence-corrected chi connectivity index (χ4v) is 0.539. The predicted octanol–water partition coefficient (Wildman–Crippen LogP) is 0.114. The predicted molar refractivity (Wildman–Crippen MR) is 32.1 cm³/mol. The Hall–Kier alpha value is -0.640. The van der Waals surface area contributed by atoms with Gasteiger partial charge in [-0.2, -0.15) is 0 Å². The summed E-state index contributed by atoms with van der Waals surface area (Å²) in [6.45, 7) is 1.85. The molecule has 0 heterocycles. The fraction of sp³-hybridized carbons (Fsp3) is 0.800. The van der Waals surface area contributed by atoms with Crippen molar-refractivity contribution in [3.63, 3.8) is 0 Å². The first-order valence-electron chi connectivity index (χ1n) is 2.87. The number of nitrogens with one attached hydrogen (secondary N) is 1. The number of nitrogens with two attached hydrogens (primary N) is 1. The van der Waals surface area contributed by atoms with Crippen molar-refractivity contribution in [2.75, 3.05) is 0 Å². The van der Waals surface area contributed by atoms with Crippen molar-refractivity contribution in [3.05, 3.63) is 0 Å². The van der Waals surface area contributed by atoms with Crippen LogP contribution in [0.4, 0.5) is 4.48 Å². The maximum atomic E-state index is 11.5. The summed E-state index contributed by atoms with van der Waals surface area (Å²) in [4.78, 5) is 10.2. The Morgan fingerprint density at radius 1 is 1.89 bits per heavy atom. The van der Waals surface area contributed by atoms with Crippen LogP contribution in [0.2, 0.25) is 0 Å². The van der Waals surface area contributed by atoms with E-state index in [1.165, 1.54) is 5.54 Å². The summed E-state index contributed by atoms with van der Waals surface area (Å²) in [6.07, 6.45) is 1.19. The van der Waals surface area contributed by atoms with Gasteiger partial charge >= 0.3 is 0 Å². The third-order valence-electron chi connectivity index (χ3n) is 1.05. The van der Waals surface area contributed by atoms with E-state index in [0.717, 1.165) is 6.42 Å². The van der Waals surface area contributed by atoms with E-state index in [0.29, 0.717) is 6.42 Å². The van der Waals surface area contributed by atoms with E-state index >= 15 is 0 Å². The average molecular weight is 134 g/mol. The molecular weight excluding hydrogens is 123 g/mol. The van der Waals surface area contributed by atoms with E-state index < -0.39 is 11.9 Å². The highest BCUT2D eigenvalue weighted by Gasteiger charge is 2.11. The normalized spacial score (nSPS) is 13.1. The SMILES string of the molecule is CCC[C@H](NF)C(N)=O. The summed E-state index contributed by atoms with van der Waals surface area (Å²) >= 11 is 0. The Morgan fingerprint density at radius 2 is 2.44 bits per heavy atom. The second-order valence-corrected chi connectivity index (χ2v) is 1.85. The molecule has 0 aliphatic heterocycles. The van der Waals surface area contributed by atoms with E-state index in [4.69, 9.17) is 5.73 Å². The van der Waals surface area contributed by atoms with Gasteiger partial charge < -0.3 is 5.73 Å². The van der Waals surface area contributed by atoms with Crippen molar-refractivity contribution in [2.24, 2.45) is 5.73 Å². The standard InChI is InChI=1S/C5H11FN2O/c1-2-3-4(8-6)5(7)9/h4,8H,2-3H2,1H3,(H2,7,9)/t4-/m0/s1. The largest absolute Gasteiger partial charge is 0.368 e. The lowest BCUT2D eigenvalue weighted by Crippen LogP contribution is -2.36. The number of hydrogen-bond donors (Lipinski definition) is 2. The number of primary amides is 1. The quantitative estimate of drug-likeness (QED) is 0.536. The molecule has 1 amide bonds. The maximum absolute atomic E-state index is 11.5. The lowest BCUT2D eigenvalue weighted by atomic mass is 10.2. The van der Waals surface area contributed by atoms with Crippen LogP contribution in [0.25, 0.3) is 0 Å². The molecule has 0 fully saturated rings. The molecule has 0 aromatic rings. The number of carbonyl (C=O) groups excluding carboxylic acids is 1. The van der Waals surface area contributed by atoms with Crippen LogP contribution < -0.4 is 11.3 Å². The fourth-order valence-electron chi connectivity index (χ4n) is 0.539. The first kappa shape index (κ1) is 8.36. The molecule has 3 N–H and O–H groups in total. The van der Waals surface area contributed by atoms with Crippen molar-refractivity contribution in [1.29, 1.82) is 0 Å². The molecule has 0 radical (unpaired) electrons. The molecule has 0 unspecified atom stereocenters. The summed E-state index contributed by atoms with van der Waals surface area (Å²) in [5, 5.41) is 0. The molecule has 0 aromatic heterocycles. The molecule has 0 spiro atoms. The molecular formula is C5H11FN2O. The van der Waals surface area contributed by atoms with Crippen molar-refractivity contribution in [1.82, 2.24) is 5.54 Å². The van der Waals surface area contributed by atoms with Gasteiger partial charge in [-0.15, -0.1) is 10.0 Å². The van der Waals surface area contributed by atoms with Crippen molar-refractivity contribution >= 4 is 5.91 Å². The number of carbonyl (C=O) groups is 1. The Bertz CT molecular complexity index is 97.0. The van der Waals surface area contributed by atoms with Gasteiger partial charge in [0.15, 0.2) is 0 Å². The molecule has 54 valence electrons. The molecule has 4 heteroatoms. The average Bonchev–Trinajstić information content (AvgIpc) is 1.82. The smallest absolute Gasteiger partial charge is 0.237 e. The Balaban J connectivity index is 3.54. The minimum atomic E-state index is -0.810. The molecule has 0 rings (SSSR count). The van der Waals surface area contributed by atoms with Crippen LogP contribution in [-0.4, -0.2) is 11.9 Å². The number of halogens is 1. The zero-order valence-electron chi connectivity index (χ0n) is 5.36. The van der Waals surface area contributed by atoms with Crippen LogP contribution in [0, 0.1) is 0 Å². The second kappa shape index (κ2) is 4.26. The summed E-state index contributed by atoms with van der Waals surface area (Å²) in [5.41, 5.74) is 6.12. The van der Waals surface area contributed by atoms with Gasteiger partial charge in [0.05, 0.1) is 0 Å². The Morgan fingerprint density at radius 3 is 2.56 bits per heavy atom. The van der Waals surface area contributed by atoms with Crippen LogP contribution in [0.15, 0.2) is 0 Å². The third-order valence-corrected chi connectivity index (χ3v) is 1.05. The van der Waals surface area contributed by atoms with Crippen molar-refractivity contribution < 1.29 is 9.28 Å². The maximum Gasteiger partial charge on any atom is 0.237 e. The minimum absolute atomic E-state index is 0.450. The van der Waals surface area contributed by atoms with Crippen molar-refractivity contribution in [2.45, 2.75) is 25.8 Å². The molecule has 0 aromatic carbocycles. The van der Waals surface area contributed by atoms with Gasteiger partial charge in [-0.25, -0.2) is 0 Å². The topological polar surface area (TPSA) is 55.1 Å². The first-order valence-corrected chi connectivity index (χ1v) is 2.87. The molecule has 0 aliphatic carbocycles. The van der Waals surface area contributed by atoms with E-state index in [1.54, 1.807) is 0 Å². The van der Waals surface area contributed by atoms with Crippen LogP contribution in [0.3, 0.4) is 0 Å². The summed E-state index contributed by atoms with van der Waals surface area (Å²) in [6, 6.07) is -0.810. The van der Waals surface area contributed by atoms with Gasteiger partial charge in [0.2, 0.25) is 5.91 Å². The summed E-state index contributed by atoms with van der Waals surface area (Å²) < 4.78 is 11.5. The first-order chi connectivity index (χ1) is 4.22. The van der Waals surface area contributed by atoms with Crippen LogP contribution in [0.5, 0.6) is 0 Å². The highest BCUT2D eigenvalue weighted by Crippen LogP contribution is 1.94. The van der Waals surface area contributed by atoms with Crippen molar-refractivity contribution in [3.8, 4) is 0 Å². The summed E-state index contributed by atoms with van der Waals surface area (Å²) in [5.74, 6) is -0.639. The highest BCUT2D eigenvalue weighted by atomic mass is 19.2. The zero-order chi connectivity index (χ0) is 7.28. The van der Waals surface area contributed by atoms with Gasteiger partial charge in [-0.05, 0) is 6.42 Å². The molecule has 0 saturated carbocycles. The van der Waals surface area contributed by atoms with Gasteiger partial charge in [-0.1, -0.05) is 13.3 Å². The lowest BCUT2D eigenvalue weighted by Gasteiger charge is -2.05. The summed E-state index contributed by atoms with van der Waals surface area (Å²) in [7, 11) is 0. The second-order valence-electron chi connectivity index (χ2n) is 1.85. The number of hydrogen-bond acceptors (Lipinski definition) is 2. The molecule has 0 saturated heterocycles. The van der Waals surface area contributed by atoms with E-state index in [1.807, 2.05) is 6.92 Å². The Kier molecular flexibility index (Phi) is 3.96. The molecule has 1 atom stereocenters. The van der Waals surface area contributed by atoms with E-state index in [-0.39, 0.29) is 0 Å². The van der Waals surface area contributed by atoms with Gasteiger partial charge in [0.1, 0.15) is 6.04 Å². The van der Waals surface area contributed by atoms with E-state index in [9.17, 15) is 9.28 Å². The number of amides is 1. The minimum Gasteiger partial charge on any atom is -0.368 e.